The predicted octanol–water partition coefficient (Wildman–Crippen LogP) is 1.59. The third kappa shape index (κ3) is 4.70. The molecule has 6 nitrogen and oxygen atoms in total. The van der Waals surface area contributed by atoms with Crippen LogP contribution in [0.4, 0.5) is 11.5 Å². The molecule has 1 heterocycles. The van der Waals surface area contributed by atoms with Gasteiger partial charge in [0.05, 0.1) is 24.6 Å². The molecule has 1 aromatic heterocycles. The minimum absolute atomic E-state index is 0.325. The molecule has 0 aromatic carbocycles. The molecule has 112 valence electrons. The van der Waals surface area contributed by atoms with Crippen molar-refractivity contribution in [2.24, 2.45) is 0 Å². The van der Waals surface area contributed by atoms with E-state index in [1.54, 1.807) is 6.07 Å². The van der Waals surface area contributed by atoms with E-state index in [0.717, 1.165) is 32.6 Å². The summed E-state index contributed by atoms with van der Waals surface area (Å²) in [6.45, 7) is 8.27. The first kappa shape index (κ1) is 16.2. The number of pyridine rings is 1. The highest BCUT2D eigenvalue weighted by molar-refractivity contribution is 5.95. The van der Waals surface area contributed by atoms with Crippen LogP contribution in [-0.4, -0.2) is 49.1 Å². The fraction of sp³-hybridized carbons (Fsp3) is 0.571. The van der Waals surface area contributed by atoms with E-state index in [1.807, 2.05) is 0 Å². The standard InChI is InChI=1S/C14H24N4O2/c1-4-18(5-2)8-6-7-16-13-9-11(14(19)20-3)12(15)10-17-13/h9-10H,4-8,15H2,1-3H3,(H,16,17). The van der Waals surface area contributed by atoms with E-state index in [0.29, 0.717) is 17.1 Å². The zero-order chi connectivity index (χ0) is 15.0. The van der Waals surface area contributed by atoms with Gasteiger partial charge in [-0.25, -0.2) is 9.78 Å². The minimum Gasteiger partial charge on any atom is -0.465 e. The summed E-state index contributed by atoms with van der Waals surface area (Å²) in [7, 11) is 1.33. The molecular weight excluding hydrogens is 256 g/mol. The van der Waals surface area contributed by atoms with Gasteiger partial charge in [0.25, 0.3) is 0 Å². The Morgan fingerprint density at radius 3 is 2.75 bits per heavy atom. The number of carbonyl (C=O) groups excluding carboxylic acids is 1. The van der Waals surface area contributed by atoms with Gasteiger partial charge in [-0.1, -0.05) is 13.8 Å². The van der Waals surface area contributed by atoms with Crippen molar-refractivity contribution in [3.8, 4) is 0 Å². The summed E-state index contributed by atoms with van der Waals surface area (Å²) < 4.78 is 4.68. The second-order valence-electron chi connectivity index (χ2n) is 4.46. The number of esters is 1. The molecule has 0 aliphatic rings. The summed E-state index contributed by atoms with van der Waals surface area (Å²) in [6, 6.07) is 1.62. The number of nitrogen functional groups attached to an aromatic ring is 1. The van der Waals surface area contributed by atoms with Crippen molar-refractivity contribution in [2.45, 2.75) is 20.3 Å². The van der Waals surface area contributed by atoms with Crippen molar-refractivity contribution >= 4 is 17.5 Å². The van der Waals surface area contributed by atoms with Crippen molar-refractivity contribution in [1.82, 2.24) is 9.88 Å². The van der Waals surface area contributed by atoms with Gasteiger partial charge in [-0.15, -0.1) is 0 Å². The third-order valence-electron chi connectivity index (χ3n) is 3.19. The first-order valence-electron chi connectivity index (χ1n) is 6.92. The Morgan fingerprint density at radius 1 is 1.45 bits per heavy atom. The Labute approximate surface area is 120 Å². The SMILES string of the molecule is CCN(CC)CCCNc1cc(C(=O)OC)c(N)cn1. The zero-order valence-electron chi connectivity index (χ0n) is 12.5. The van der Waals surface area contributed by atoms with Gasteiger partial charge in [0.1, 0.15) is 5.82 Å². The first-order valence-corrected chi connectivity index (χ1v) is 6.92. The number of ether oxygens (including phenoxy) is 1. The van der Waals surface area contributed by atoms with Crippen LogP contribution in [0.25, 0.3) is 0 Å². The van der Waals surface area contributed by atoms with Crippen molar-refractivity contribution in [3.63, 3.8) is 0 Å². The number of nitrogens with zero attached hydrogens (tertiary/aromatic N) is 2. The van der Waals surface area contributed by atoms with Crippen LogP contribution in [0.1, 0.15) is 30.6 Å². The molecule has 0 atom stereocenters. The molecule has 6 heteroatoms. The van der Waals surface area contributed by atoms with Gasteiger partial charge in [-0.2, -0.15) is 0 Å². The number of aromatic nitrogens is 1. The normalized spacial score (nSPS) is 10.6. The molecule has 0 aliphatic carbocycles. The second kappa shape index (κ2) is 8.37. The topological polar surface area (TPSA) is 80.5 Å². The molecule has 0 saturated heterocycles. The van der Waals surface area contributed by atoms with Crippen LogP contribution in [0.3, 0.4) is 0 Å². The van der Waals surface area contributed by atoms with E-state index < -0.39 is 5.97 Å². The molecule has 0 amide bonds. The van der Waals surface area contributed by atoms with Gasteiger partial charge in [-0.05, 0) is 32.1 Å². The smallest absolute Gasteiger partial charge is 0.340 e. The van der Waals surface area contributed by atoms with E-state index in [1.165, 1.54) is 13.3 Å². The molecule has 0 unspecified atom stereocenters. The highest BCUT2D eigenvalue weighted by atomic mass is 16.5. The lowest BCUT2D eigenvalue weighted by Crippen LogP contribution is -2.25. The fourth-order valence-electron chi connectivity index (χ4n) is 1.91. The Morgan fingerprint density at radius 2 is 2.15 bits per heavy atom. The zero-order valence-corrected chi connectivity index (χ0v) is 12.5. The van der Waals surface area contributed by atoms with E-state index in [2.05, 4.69) is 33.8 Å². The van der Waals surface area contributed by atoms with Crippen LogP contribution in [0.2, 0.25) is 0 Å². The van der Waals surface area contributed by atoms with Crippen LogP contribution in [0.5, 0.6) is 0 Å². The van der Waals surface area contributed by atoms with Gasteiger partial charge in [-0.3, -0.25) is 0 Å². The molecule has 20 heavy (non-hydrogen) atoms. The number of methoxy groups -OCH3 is 1. The summed E-state index contributed by atoms with van der Waals surface area (Å²) in [5.74, 6) is 0.190. The van der Waals surface area contributed by atoms with Gasteiger partial charge >= 0.3 is 5.97 Å². The maximum atomic E-state index is 11.5. The average molecular weight is 280 g/mol. The highest BCUT2D eigenvalue weighted by Gasteiger charge is 2.11. The molecule has 0 saturated carbocycles. The number of nitrogens with two attached hydrogens (primary N) is 1. The first-order chi connectivity index (χ1) is 9.62. The molecule has 0 aliphatic heterocycles. The molecule has 0 fully saturated rings. The number of hydrogen-bond donors (Lipinski definition) is 2. The predicted molar refractivity (Wildman–Crippen MR) is 80.9 cm³/mol. The van der Waals surface area contributed by atoms with Crippen LogP contribution in [0, 0.1) is 0 Å². The highest BCUT2D eigenvalue weighted by Crippen LogP contribution is 2.15. The Hall–Kier alpha value is -1.82. The largest absolute Gasteiger partial charge is 0.465 e. The van der Waals surface area contributed by atoms with E-state index >= 15 is 0 Å². The number of carbonyl (C=O) groups is 1. The lowest BCUT2D eigenvalue weighted by atomic mass is 10.2. The number of rotatable bonds is 8. The number of hydrogen-bond acceptors (Lipinski definition) is 6. The Balaban J connectivity index is 2.50. The minimum atomic E-state index is -0.448. The van der Waals surface area contributed by atoms with Gasteiger partial charge < -0.3 is 20.7 Å². The van der Waals surface area contributed by atoms with Crippen LogP contribution in [0.15, 0.2) is 12.3 Å². The monoisotopic (exact) mass is 280 g/mol. The summed E-state index contributed by atoms with van der Waals surface area (Å²) in [5.41, 5.74) is 6.36. The Bertz CT molecular complexity index is 433. The summed E-state index contributed by atoms with van der Waals surface area (Å²) in [4.78, 5) is 18.0. The lowest BCUT2D eigenvalue weighted by Gasteiger charge is -2.17. The van der Waals surface area contributed by atoms with Gasteiger partial charge in [0, 0.05) is 6.54 Å². The van der Waals surface area contributed by atoms with Crippen LogP contribution in [-0.2, 0) is 4.74 Å². The maximum Gasteiger partial charge on any atom is 0.340 e. The Kier molecular flexibility index (Phi) is 6.79. The molecule has 0 bridgehead atoms. The summed E-state index contributed by atoms with van der Waals surface area (Å²) >= 11 is 0. The van der Waals surface area contributed by atoms with E-state index in [4.69, 9.17) is 5.73 Å². The molecule has 1 aromatic rings. The quantitative estimate of drug-likeness (QED) is 0.556. The third-order valence-corrected chi connectivity index (χ3v) is 3.19. The van der Waals surface area contributed by atoms with Crippen molar-refractivity contribution in [3.05, 3.63) is 17.8 Å². The maximum absolute atomic E-state index is 11.5. The van der Waals surface area contributed by atoms with Crippen LogP contribution < -0.4 is 11.1 Å². The molecule has 3 N–H and O–H groups in total. The number of nitrogens with one attached hydrogen (secondary N) is 1. The fourth-order valence-corrected chi connectivity index (χ4v) is 1.91. The van der Waals surface area contributed by atoms with Crippen molar-refractivity contribution in [1.29, 1.82) is 0 Å². The van der Waals surface area contributed by atoms with Gasteiger partial charge in [0.2, 0.25) is 0 Å². The molecule has 0 spiro atoms. The lowest BCUT2D eigenvalue weighted by molar-refractivity contribution is 0.0602. The molecule has 0 radical (unpaired) electrons. The number of anilines is 2. The van der Waals surface area contributed by atoms with E-state index in [-0.39, 0.29) is 0 Å². The van der Waals surface area contributed by atoms with Crippen molar-refractivity contribution < 1.29 is 9.53 Å². The molecular formula is C14H24N4O2. The van der Waals surface area contributed by atoms with Crippen molar-refractivity contribution in [2.75, 3.05) is 44.3 Å². The van der Waals surface area contributed by atoms with E-state index in [9.17, 15) is 4.79 Å². The summed E-state index contributed by atoms with van der Waals surface area (Å²) in [6.07, 6.45) is 2.49. The summed E-state index contributed by atoms with van der Waals surface area (Å²) in [5, 5.41) is 3.19. The molecule has 1 rings (SSSR count). The van der Waals surface area contributed by atoms with Gasteiger partial charge in [0.15, 0.2) is 0 Å². The average Bonchev–Trinajstić information content (AvgIpc) is 2.48. The van der Waals surface area contributed by atoms with Crippen LogP contribution >= 0.6 is 0 Å². The second-order valence-corrected chi connectivity index (χ2v) is 4.46.